The van der Waals surface area contributed by atoms with E-state index in [9.17, 15) is 13.2 Å². The van der Waals surface area contributed by atoms with Crippen molar-refractivity contribution in [2.24, 2.45) is 0 Å². The third kappa shape index (κ3) is 5.44. The van der Waals surface area contributed by atoms with Gasteiger partial charge in [0.2, 0.25) is 5.91 Å². The molecule has 0 unspecified atom stereocenters. The Hall–Kier alpha value is -2.30. The molecule has 0 aliphatic carbocycles. The summed E-state index contributed by atoms with van der Waals surface area (Å²) in [4.78, 5) is 21.6. The highest BCUT2D eigenvalue weighted by Crippen LogP contribution is 2.45. The predicted molar refractivity (Wildman–Crippen MR) is 147 cm³/mol. The number of thiophene rings is 1. The molecule has 0 radical (unpaired) electrons. The molecule has 2 aromatic heterocycles. The van der Waals surface area contributed by atoms with Gasteiger partial charge >= 0.3 is 0 Å². The van der Waals surface area contributed by atoms with Crippen molar-refractivity contribution >= 4 is 66.0 Å². The summed E-state index contributed by atoms with van der Waals surface area (Å²) < 4.78 is 26.3. The molecule has 0 spiro atoms. The largest absolute Gasteiger partial charge is 0.317 e. The Morgan fingerprint density at radius 1 is 1.09 bits per heavy atom. The molecule has 1 amide bonds. The van der Waals surface area contributed by atoms with Crippen molar-refractivity contribution < 1.29 is 13.2 Å². The molecule has 184 valence electrons. The second-order valence-corrected chi connectivity index (χ2v) is 12.5. The van der Waals surface area contributed by atoms with E-state index in [2.05, 4.69) is 23.2 Å². The Kier molecular flexibility index (Phi) is 7.92. The molecule has 0 saturated carbocycles. The van der Waals surface area contributed by atoms with Gasteiger partial charge in [-0.2, -0.15) is 0 Å². The lowest BCUT2D eigenvalue weighted by Crippen LogP contribution is -2.29. The lowest BCUT2D eigenvalue weighted by atomic mass is 10.0. The number of rotatable bonds is 7. The first-order valence-electron chi connectivity index (χ1n) is 11.2. The van der Waals surface area contributed by atoms with E-state index in [-0.39, 0.29) is 35.4 Å². The molecule has 1 N–H and O–H groups in total. The molecular weight excluding hydrogens is 522 g/mol. The van der Waals surface area contributed by atoms with Gasteiger partial charge in [-0.25, -0.2) is 13.4 Å². The average molecular weight is 548 g/mol. The number of amides is 1. The molecule has 3 heterocycles. The van der Waals surface area contributed by atoms with Crippen LogP contribution in [-0.2, 0) is 27.6 Å². The topological polar surface area (TPSA) is 79.4 Å². The summed E-state index contributed by atoms with van der Waals surface area (Å²) >= 11 is 3.21. The van der Waals surface area contributed by atoms with Crippen LogP contribution in [0.5, 0.6) is 0 Å². The number of thiazole rings is 1. The zero-order valence-corrected chi connectivity index (χ0v) is 22.5. The highest BCUT2D eigenvalue weighted by atomic mass is 35.5. The van der Waals surface area contributed by atoms with Crippen LogP contribution in [0.3, 0.4) is 0 Å². The highest BCUT2D eigenvalue weighted by Gasteiger charge is 2.27. The van der Waals surface area contributed by atoms with Gasteiger partial charge in [-0.15, -0.1) is 35.1 Å². The number of sulfone groups is 1. The van der Waals surface area contributed by atoms with Crippen LogP contribution in [0.4, 0.5) is 5.00 Å². The fraction of sp³-hybridized carbons (Fsp3) is 0.280. The number of benzene rings is 2. The standard InChI is InChI=1S/C25H25N3O3S3.ClH/c1-2-28-14-12-18-21(16-28)33-25(23(18)24-26-19-10-6-7-11-20(19)32-24)27-22(29)13-15-34(30,31)17-8-4-3-5-9-17;/h3-11H,2,12-16H2,1H3,(H,27,29);1H. The van der Waals surface area contributed by atoms with E-state index >= 15 is 0 Å². The van der Waals surface area contributed by atoms with Crippen LogP contribution in [-0.4, -0.2) is 43.1 Å². The summed E-state index contributed by atoms with van der Waals surface area (Å²) in [7, 11) is -3.51. The maximum Gasteiger partial charge on any atom is 0.226 e. The third-order valence-electron chi connectivity index (χ3n) is 6.04. The third-order valence-corrected chi connectivity index (χ3v) is 9.96. The second-order valence-electron chi connectivity index (χ2n) is 8.24. The number of nitrogens with one attached hydrogen (secondary N) is 1. The molecule has 1 aliphatic heterocycles. The maximum atomic E-state index is 12.9. The smallest absolute Gasteiger partial charge is 0.226 e. The van der Waals surface area contributed by atoms with E-state index < -0.39 is 9.84 Å². The first-order chi connectivity index (χ1) is 16.4. The lowest BCUT2D eigenvalue weighted by Gasteiger charge is -2.25. The van der Waals surface area contributed by atoms with Crippen LogP contribution in [0.1, 0.15) is 23.8 Å². The Labute approximate surface area is 219 Å². The summed E-state index contributed by atoms with van der Waals surface area (Å²) in [6.45, 7) is 4.96. The Morgan fingerprint density at radius 2 is 1.83 bits per heavy atom. The Bertz CT molecular complexity index is 1420. The van der Waals surface area contributed by atoms with Crippen LogP contribution in [0.15, 0.2) is 59.5 Å². The number of para-hydroxylation sites is 1. The highest BCUT2D eigenvalue weighted by molar-refractivity contribution is 7.91. The molecule has 5 rings (SSSR count). The van der Waals surface area contributed by atoms with E-state index in [0.717, 1.165) is 51.8 Å². The zero-order chi connectivity index (χ0) is 23.7. The monoisotopic (exact) mass is 547 g/mol. The van der Waals surface area contributed by atoms with Crippen LogP contribution >= 0.6 is 35.1 Å². The van der Waals surface area contributed by atoms with E-state index in [1.807, 2.05) is 18.2 Å². The van der Waals surface area contributed by atoms with Gasteiger partial charge in [-0.3, -0.25) is 9.69 Å². The minimum atomic E-state index is -3.51. The molecule has 35 heavy (non-hydrogen) atoms. The summed E-state index contributed by atoms with van der Waals surface area (Å²) in [6.07, 6.45) is 0.809. The maximum absolute atomic E-state index is 12.9. The van der Waals surface area contributed by atoms with Crippen LogP contribution < -0.4 is 5.32 Å². The second kappa shape index (κ2) is 10.8. The molecule has 0 saturated heterocycles. The number of anilines is 1. The molecule has 4 aromatic rings. The van der Waals surface area contributed by atoms with Crippen molar-refractivity contribution in [2.45, 2.75) is 31.2 Å². The van der Waals surface area contributed by atoms with Crippen molar-refractivity contribution in [3.63, 3.8) is 0 Å². The summed E-state index contributed by atoms with van der Waals surface area (Å²) in [6, 6.07) is 16.3. The Balaban J connectivity index is 0.00000289. The number of nitrogens with zero attached hydrogens (tertiary/aromatic N) is 2. The van der Waals surface area contributed by atoms with E-state index in [4.69, 9.17) is 4.98 Å². The number of hydrogen-bond acceptors (Lipinski definition) is 7. The number of halogens is 1. The number of hydrogen-bond donors (Lipinski definition) is 1. The van der Waals surface area contributed by atoms with Gasteiger partial charge in [-0.05, 0) is 42.8 Å². The van der Waals surface area contributed by atoms with Crippen molar-refractivity contribution in [1.82, 2.24) is 9.88 Å². The molecule has 2 aromatic carbocycles. The van der Waals surface area contributed by atoms with Crippen molar-refractivity contribution in [3.8, 4) is 10.6 Å². The van der Waals surface area contributed by atoms with Gasteiger partial charge < -0.3 is 5.32 Å². The number of fused-ring (bicyclic) bond motifs is 2. The quantitative estimate of drug-likeness (QED) is 0.324. The van der Waals surface area contributed by atoms with Crippen LogP contribution in [0, 0.1) is 0 Å². The van der Waals surface area contributed by atoms with E-state index in [0.29, 0.717) is 0 Å². The average Bonchev–Trinajstić information content (AvgIpc) is 3.43. The first-order valence-corrected chi connectivity index (χ1v) is 14.5. The SMILES string of the molecule is CCN1CCc2c(sc(NC(=O)CCS(=O)(=O)c3ccccc3)c2-c2nc3ccccc3s2)C1.Cl. The number of likely N-dealkylation sites (N-methyl/N-ethyl adjacent to an activating group) is 1. The molecule has 0 fully saturated rings. The van der Waals surface area contributed by atoms with Crippen molar-refractivity contribution in [2.75, 3.05) is 24.2 Å². The molecule has 6 nitrogen and oxygen atoms in total. The zero-order valence-electron chi connectivity index (χ0n) is 19.2. The molecule has 1 aliphatic rings. The van der Waals surface area contributed by atoms with Gasteiger partial charge in [0.1, 0.15) is 10.0 Å². The Morgan fingerprint density at radius 3 is 2.57 bits per heavy atom. The fourth-order valence-corrected chi connectivity index (χ4v) is 7.86. The van der Waals surface area contributed by atoms with Crippen molar-refractivity contribution in [3.05, 3.63) is 65.0 Å². The van der Waals surface area contributed by atoms with Crippen molar-refractivity contribution in [1.29, 1.82) is 0 Å². The van der Waals surface area contributed by atoms with Gasteiger partial charge in [-0.1, -0.05) is 37.3 Å². The molecule has 0 bridgehead atoms. The number of aromatic nitrogens is 1. The normalized spacial score (nSPS) is 13.9. The lowest BCUT2D eigenvalue weighted by molar-refractivity contribution is -0.115. The van der Waals surface area contributed by atoms with Gasteiger partial charge in [0.15, 0.2) is 9.84 Å². The summed E-state index contributed by atoms with van der Waals surface area (Å²) in [5.74, 6) is -0.526. The predicted octanol–water partition coefficient (Wildman–Crippen LogP) is 5.63. The first kappa shape index (κ1) is 25.8. The van der Waals surface area contributed by atoms with Crippen LogP contribution in [0.25, 0.3) is 20.8 Å². The van der Waals surface area contributed by atoms with Gasteiger partial charge in [0.25, 0.3) is 0 Å². The molecule has 0 atom stereocenters. The fourth-order valence-electron chi connectivity index (χ4n) is 4.18. The molecular formula is C25H26ClN3O3S3. The minimum absolute atomic E-state index is 0. The van der Waals surface area contributed by atoms with Gasteiger partial charge in [0, 0.05) is 30.0 Å². The van der Waals surface area contributed by atoms with Crippen LogP contribution in [0.2, 0.25) is 0 Å². The van der Waals surface area contributed by atoms with Gasteiger partial charge in [0.05, 0.1) is 20.9 Å². The summed E-state index contributed by atoms with van der Waals surface area (Å²) in [5, 5.41) is 4.70. The minimum Gasteiger partial charge on any atom is -0.317 e. The number of carbonyl (C=O) groups excluding carboxylic acids is 1. The van der Waals surface area contributed by atoms with E-state index in [1.165, 1.54) is 10.4 Å². The van der Waals surface area contributed by atoms with E-state index in [1.54, 1.807) is 53.0 Å². The summed E-state index contributed by atoms with van der Waals surface area (Å²) in [5.41, 5.74) is 3.19. The number of carbonyl (C=O) groups is 1. The molecule has 10 heteroatoms.